The van der Waals surface area contributed by atoms with Gasteiger partial charge in [-0.2, -0.15) is 0 Å². The molecular formula is C18H24N2O2. The van der Waals surface area contributed by atoms with Crippen molar-refractivity contribution in [1.29, 1.82) is 0 Å². The Morgan fingerprint density at radius 1 is 1.23 bits per heavy atom. The lowest BCUT2D eigenvalue weighted by molar-refractivity contribution is 0.0927. The van der Waals surface area contributed by atoms with E-state index in [1.807, 2.05) is 13.8 Å². The van der Waals surface area contributed by atoms with Gasteiger partial charge in [0, 0.05) is 25.9 Å². The van der Waals surface area contributed by atoms with E-state index >= 15 is 0 Å². The van der Waals surface area contributed by atoms with Crippen LogP contribution in [0.15, 0.2) is 30.3 Å². The topological polar surface area (TPSA) is 43.3 Å². The van der Waals surface area contributed by atoms with Crippen LogP contribution in [0.1, 0.15) is 32.9 Å². The van der Waals surface area contributed by atoms with Crippen molar-refractivity contribution in [3.63, 3.8) is 0 Å². The molecule has 2 rings (SSSR count). The molecule has 0 aliphatic carbocycles. The summed E-state index contributed by atoms with van der Waals surface area (Å²) in [5.41, 5.74) is 5.25. The molecule has 2 aromatic rings. The number of amides is 1. The Balaban J connectivity index is 2.25. The van der Waals surface area contributed by atoms with Crippen LogP contribution in [0.4, 0.5) is 0 Å². The second-order valence-electron chi connectivity index (χ2n) is 5.64. The molecule has 0 saturated carbocycles. The number of ether oxygens (including phenoxy) is 1. The summed E-state index contributed by atoms with van der Waals surface area (Å²) in [5, 5.41) is 2.91. The van der Waals surface area contributed by atoms with Crippen molar-refractivity contribution in [2.45, 2.75) is 27.3 Å². The quantitative estimate of drug-likeness (QED) is 0.834. The van der Waals surface area contributed by atoms with Crippen molar-refractivity contribution < 1.29 is 9.53 Å². The molecule has 0 fully saturated rings. The third kappa shape index (κ3) is 3.77. The average molecular weight is 300 g/mol. The van der Waals surface area contributed by atoms with Gasteiger partial charge in [0.05, 0.1) is 6.61 Å². The third-order valence-corrected chi connectivity index (χ3v) is 3.72. The highest BCUT2D eigenvalue weighted by Gasteiger charge is 2.17. The largest absolute Gasteiger partial charge is 0.383 e. The SMILES string of the molecule is COCCNC(=O)c1c(C)cc(C)n1Cc1cccc(C)c1. The van der Waals surface area contributed by atoms with E-state index in [9.17, 15) is 4.79 Å². The minimum absolute atomic E-state index is 0.0460. The fourth-order valence-electron chi connectivity index (χ4n) is 2.70. The Bertz CT molecular complexity index is 659. The van der Waals surface area contributed by atoms with Crippen LogP contribution in [0, 0.1) is 20.8 Å². The van der Waals surface area contributed by atoms with Gasteiger partial charge in [-0.05, 0) is 38.0 Å². The first-order valence-corrected chi connectivity index (χ1v) is 7.52. The number of nitrogens with zero attached hydrogens (tertiary/aromatic N) is 1. The molecule has 1 amide bonds. The summed E-state index contributed by atoms with van der Waals surface area (Å²) in [6.45, 7) is 7.83. The number of hydrogen-bond acceptors (Lipinski definition) is 2. The van der Waals surface area contributed by atoms with Crippen LogP contribution in [-0.2, 0) is 11.3 Å². The van der Waals surface area contributed by atoms with E-state index in [1.54, 1.807) is 7.11 Å². The third-order valence-electron chi connectivity index (χ3n) is 3.72. The second-order valence-corrected chi connectivity index (χ2v) is 5.64. The first-order valence-electron chi connectivity index (χ1n) is 7.52. The van der Waals surface area contributed by atoms with Gasteiger partial charge in [-0.25, -0.2) is 0 Å². The standard InChI is InChI=1S/C18H24N2O2/c1-13-6-5-7-16(10-13)12-20-15(3)11-14(2)17(20)18(21)19-8-9-22-4/h5-7,10-11H,8-9,12H2,1-4H3,(H,19,21). The van der Waals surface area contributed by atoms with Gasteiger partial charge >= 0.3 is 0 Å². The predicted octanol–water partition coefficient (Wildman–Crippen LogP) is 2.84. The zero-order chi connectivity index (χ0) is 16.1. The first-order chi connectivity index (χ1) is 10.5. The average Bonchev–Trinajstić information content (AvgIpc) is 2.73. The van der Waals surface area contributed by atoms with Crippen molar-refractivity contribution in [1.82, 2.24) is 9.88 Å². The number of carbonyl (C=O) groups excluding carboxylic acids is 1. The number of methoxy groups -OCH3 is 1. The molecule has 0 aliphatic heterocycles. The van der Waals surface area contributed by atoms with E-state index in [-0.39, 0.29) is 5.91 Å². The fraction of sp³-hybridized carbons (Fsp3) is 0.389. The van der Waals surface area contributed by atoms with Gasteiger partial charge in [0.15, 0.2) is 0 Å². The highest BCUT2D eigenvalue weighted by atomic mass is 16.5. The summed E-state index contributed by atoms with van der Waals surface area (Å²) in [6.07, 6.45) is 0. The lowest BCUT2D eigenvalue weighted by Crippen LogP contribution is -2.29. The van der Waals surface area contributed by atoms with Gasteiger partial charge in [-0.3, -0.25) is 4.79 Å². The van der Waals surface area contributed by atoms with Gasteiger partial charge in [0.25, 0.3) is 5.91 Å². The number of aryl methyl sites for hydroxylation is 3. The molecule has 1 N–H and O–H groups in total. The lowest BCUT2D eigenvalue weighted by atomic mass is 10.1. The maximum atomic E-state index is 12.4. The van der Waals surface area contributed by atoms with E-state index in [1.165, 1.54) is 11.1 Å². The van der Waals surface area contributed by atoms with Crippen LogP contribution in [0.3, 0.4) is 0 Å². The van der Waals surface area contributed by atoms with Crippen molar-refractivity contribution in [2.75, 3.05) is 20.3 Å². The van der Waals surface area contributed by atoms with Crippen LogP contribution >= 0.6 is 0 Å². The molecule has 1 heterocycles. The minimum atomic E-state index is -0.0460. The maximum absolute atomic E-state index is 12.4. The molecule has 1 aromatic heterocycles. The van der Waals surface area contributed by atoms with Gasteiger partial charge in [0.2, 0.25) is 0 Å². The molecule has 0 unspecified atom stereocenters. The number of carbonyl (C=O) groups is 1. The summed E-state index contributed by atoms with van der Waals surface area (Å²) < 4.78 is 7.06. The van der Waals surface area contributed by atoms with E-state index in [4.69, 9.17) is 4.74 Å². The Labute approximate surface area is 132 Å². The van der Waals surface area contributed by atoms with Gasteiger partial charge in [-0.1, -0.05) is 29.8 Å². The Morgan fingerprint density at radius 3 is 2.68 bits per heavy atom. The van der Waals surface area contributed by atoms with E-state index in [0.717, 1.165) is 17.0 Å². The lowest BCUT2D eigenvalue weighted by Gasteiger charge is -2.13. The molecule has 1 aromatic carbocycles. The molecular weight excluding hydrogens is 276 g/mol. The monoisotopic (exact) mass is 300 g/mol. The van der Waals surface area contributed by atoms with E-state index in [2.05, 4.69) is 47.1 Å². The fourth-order valence-corrected chi connectivity index (χ4v) is 2.70. The van der Waals surface area contributed by atoms with Crippen LogP contribution < -0.4 is 5.32 Å². The molecule has 4 nitrogen and oxygen atoms in total. The van der Waals surface area contributed by atoms with Gasteiger partial charge in [0.1, 0.15) is 5.69 Å². The molecule has 0 saturated heterocycles. The predicted molar refractivity (Wildman–Crippen MR) is 88.4 cm³/mol. The number of aromatic nitrogens is 1. The maximum Gasteiger partial charge on any atom is 0.268 e. The molecule has 0 aliphatic rings. The van der Waals surface area contributed by atoms with Gasteiger partial charge < -0.3 is 14.6 Å². The molecule has 22 heavy (non-hydrogen) atoms. The number of hydrogen-bond donors (Lipinski definition) is 1. The van der Waals surface area contributed by atoms with Crippen LogP contribution in [0.5, 0.6) is 0 Å². The Morgan fingerprint density at radius 2 is 2.00 bits per heavy atom. The number of rotatable bonds is 6. The van der Waals surface area contributed by atoms with Gasteiger partial charge in [-0.15, -0.1) is 0 Å². The summed E-state index contributed by atoms with van der Waals surface area (Å²) >= 11 is 0. The zero-order valence-corrected chi connectivity index (χ0v) is 13.8. The molecule has 0 spiro atoms. The number of nitrogens with one attached hydrogen (secondary N) is 1. The first kappa shape index (κ1) is 16.3. The molecule has 4 heteroatoms. The zero-order valence-electron chi connectivity index (χ0n) is 13.8. The molecule has 118 valence electrons. The van der Waals surface area contributed by atoms with Crippen molar-refractivity contribution >= 4 is 5.91 Å². The smallest absolute Gasteiger partial charge is 0.268 e. The van der Waals surface area contributed by atoms with Crippen molar-refractivity contribution in [3.8, 4) is 0 Å². The van der Waals surface area contributed by atoms with Crippen LogP contribution in [0.2, 0.25) is 0 Å². The van der Waals surface area contributed by atoms with Crippen LogP contribution in [0.25, 0.3) is 0 Å². The summed E-state index contributed by atoms with van der Waals surface area (Å²) in [7, 11) is 1.63. The highest BCUT2D eigenvalue weighted by Crippen LogP contribution is 2.17. The molecule has 0 atom stereocenters. The summed E-state index contributed by atoms with van der Waals surface area (Å²) in [5.74, 6) is -0.0460. The van der Waals surface area contributed by atoms with Crippen molar-refractivity contribution in [2.24, 2.45) is 0 Å². The Kier molecular flexibility index (Phi) is 5.39. The minimum Gasteiger partial charge on any atom is -0.383 e. The molecule has 0 bridgehead atoms. The second kappa shape index (κ2) is 7.27. The number of benzene rings is 1. The summed E-state index contributed by atoms with van der Waals surface area (Å²) in [4.78, 5) is 12.4. The van der Waals surface area contributed by atoms with E-state index < -0.39 is 0 Å². The normalized spacial score (nSPS) is 10.7. The van der Waals surface area contributed by atoms with Crippen molar-refractivity contribution in [3.05, 3.63) is 58.4 Å². The molecule has 0 radical (unpaired) electrons. The van der Waals surface area contributed by atoms with E-state index in [0.29, 0.717) is 19.7 Å². The highest BCUT2D eigenvalue weighted by molar-refractivity contribution is 5.94. The van der Waals surface area contributed by atoms with Crippen LogP contribution in [-0.4, -0.2) is 30.7 Å². The summed E-state index contributed by atoms with van der Waals surface area (Å²) in [6, 6.07) is 10.4. The Hall–Kier alpha value is -2.07.